The highest BCUT2D eigenvalue weighted by molar-refractivity contribution is 5.27. The van der Waals surface area contributed by atoms with Gasteiger partial charge < -0.3 is 0 Å². The molecule has 0 heterocycles. The summed E-state index contributed by atoms with van der Waals surface area (Å²) in [6.45, 7) is 1.96. The number of hydrogen-bond donors (Lipinski definition) is 2. The van der Waals surface area contributed by atoms with E-state index >= 15 is 0 Å². The molecule has 3 heteroatoms. The summed E-state index contributed by atoms with van der Waals surface area (Å²) in [6.07, 6.45) is 8.79. The van der Waals surface area contributed by atoms with E-state index in [1.807, 2.05) is 13.0 Å². The molecule has 2 nitrogen and oxygen atoms in total. The maximum absolute atomic E-state index is 13.1. The Labute approximate surface area is 115 Å². The van der Waals surface area contributed by atoms with Crippen molar-refractivity contribution in [3.8, 4) is 0 Å². The molecule has 1 aromatic rings. The summed E-state index contributed by atoms with van der Waals surface area (Å²) in [7, 11) is 0. The van der Waals surface area contributed by atoms with Crippen molar-refractivity contribution in [2.75, 3.05) is 0 Å². The van der Waals surface area contributed by atoms with Crippen molar-refractivity contribution >= 4 is 0 Å². The number of hydrazine groups is 1. The maximum atomic E-state index is 13.1. The molecule has 1 atom stereocenters. The van der Waals surface area contributed by atoms with Gasteiger partial charge in [-0.05, 0) is 48.9 Å². The summed E-state index contributed by atoms with van der Waals surface area (Å²) in [5, 5.41) is 0. The number of nitrogens with two attached hydrogens (primary N) is 1. The monoisotopic (exact) mass is 264 g/mol. The lowest BCUT2D eigenvalue weighted by Crippen LogP contribution is -2.38. The first kappa shape index (κ1) is 14.5. The number of rotatable bonds is 5. The molecule has 0 radical (unpaired) electrons. The summed E-state index contributed by atoms with van der Waals surface area (Å²) in [4.78, 5) is 0. The predicted octanol–water partition coefficient (Wildman–Crippen LogP) is 3.48. The van der Waals surface area contributed by atoms with Crippen molar-refractivity contribution in [1.82, 2.24) is 5.43 Å². The second-order valence-electron chi connectivity index (χ2n) is 5.88. The topological polar surface area (TPSA) is 38.0 Å². The van der Waals surface area contributed by atoms with Crippen molar-refractivity contribution in [3.05, 3.63) is 35.1 Å². The van der Waals surface area contributed by atoms with Crippen molar-refractivity contribution in [1.29, 1.82) is 0 Å². The van der Waals surface area contributed by atoms with Crippen LogP contribution in [0, 0.1) is 18.7 Å². The molecule has 0 bridgehead atoms. The molecule has 0 aromatic heterocycles. The van der Waals surface area contributed by atoms with Crippen LogP contribution in [0.1, 0.15) is 49.7 Å². The van der Waals surface area contributed by atoms with E-state index in [-0.39, 0.29) is 5.82 Å². The van der Waals surface area contributed by atoms with Gasteiger partial charge in [-0.1, -0.05) is 38.2 Å². The predicted molar refractivity (Wildman–Crippen MR) is 77.1 cm³/mol. The van der Waals surface area contributed by atoms with Crippen LogP contribution >= 0.6 is 0 Å². The van der Waals surface area contributed by atoms with E-state index < -0.39 is 0 Å². The van der Waals surface area contributed by atoms with E-state index in [0.717, 1.165) is 24.3 Å². The molecule has 1 aromatic carbocycles. The van der Waals surface area contributed by atoms with E-state index in [9.17, 15) is 4.39 Å². The standard InChI is InChI=1S/C16H25FN2/c1-12-9-15(17)8-7-14(12)11-16(19-18)10-13-5-3-2-4-6-13/h7-9,13,16,19H,2-6,10-11,18H2,1H3. The molecule has 2 rings (SSSR count). The lowest BCUT2D eigenvalue weighted by atomic mass is 9.83. The third-order valence-corrected chi connectivity index (χ3v) is 4.35. The second kappa shape index (κ2) is 7.01. The van der Waals surface area contributed by atoms with Crippen molar-refractivity contribution < 1.29 is 4.39 Å². The Morgan fingerprint density at radius 3 is 2.68 bits per heavy atom. The molecule has 1 saturated carbocycles. The normalized spacial score (nSPS) is 18.5. The van der Waals surface area contributed by atoms with Crippen LogP contribution in [0.2, 0.25) is 0 Å². The van der Waals surface area contributed by atoms with E-state index in [1.54, 1.807) is 6.07 Å². The lowest BCUT2D eigenvalue weighted by Gasteiger charge is -2.26. The number of aryl methyl sites for hydroxylation is 1. The third-order valence-electron chi connectivity index (χ3n) is 4.35. The largest absolute Gasteiger partial charge is 0.271 e. The van der Waals surface area contributed by atoms with Crippen LogP contribution in [0.15, 0.2) is 18.2 Å². The molecule has 1 fully saturated rings. The number of halogens is 1. The quantitative estimate of drug-likeness (QED) is 0.631. The van der Waals surface area contributed by atoms with Gasteiger partial charge in [0.2, 0.25) is 0 Å². The molecule has 1 aliphatic rings. The Balaban J connectivity index is 1.94. The molecule has 1 aliphatic carbocycles. The number of benzene rings is 1. The minimum atomic E-state index is -0.161. The molecule has 0 aliphatic heterocycles. The Morgan fingerprint density at radius 2 is 2.05 bits per heavy atom. The summed E-state index contributed by atoms with van der Waals surface area (Å²) in [5.74, 6) is 6.33. The first-order valence-electron chi connectivity index (χ1n) is 7.40. The van der Waals surface area contributed by atoms with Gasteiger partial charge in [-0.25, -0.2) is 4.39 Å². The van der Waals surface area contributed by atoms with Gasteiger partial charge in [0.15, 0.2) is 0 Å². The van der Waals surface area contributed by atoms with Crippen molar-refractivity contribution in [2.24, 2.45) is 11.8 Å². The molecule has 1 unspecified atom stereocenters. The minimum Gasteiger partial charge on any atom is -0.271 e. The molecule has 0 amide bonds. The Hall–Kier alpha value is -0.930. The molecule has 106 valence electrons. The van der Waals surface area contributed by atoms with Crippen molar-refractivity contribution in [2.45, 2.75) is 57.9 Å². The summed E-state index contributed by atoms with van der Waals surface area (Å²) >= 11 is 0. The molecular formula is C16H25FN2. The van der Waals surface area contributed by atoms with Gasteiger partial charge in [0.05, 0.1) is 0 Å². The van der Waals surface area contributed by atoms with Crippen LogP contribution in [0.4, 0.5) is 4.39 Å². The van der Waals surface area contributed by atoms with Crippen LogP contribution in [0.3, 0.4) is 0 Å². The van der Waals surface area contributed by atoms with Gasteiger partial charge in [-0.15, -0.1) is 0 Å². The number of nitrogens with one attached hydrogen (secondary N) is 1. The Morgan fingerprint density at radius 1 is 1.32 bits per heavy atom. The molecule has 0 saturated heterocycles. The zero-order valence-corrected chi connectivity index (χ0v) is 11.8. The van der Waals surface area contributed by atoms with Crippen LogP contribution in [-0.2, 0) is 6.42 Å². The number of hydrogen-bond acceptors (Lipinski definition) is 2. The minimum absolute atomic E-state index is 0.161. The Kier molecular flexibility index (Phi) is 5.34. The van der Waals surface area contributed by atoms with Crippen molar-refractivity contribution in [3.63, 3.8) is 0 Å². The van der Waals surface area contributed by atoms with Gasteiger partial charge in [0.1, 0.15) is 5.82 Å². The van der Waals surface area contributed by atoms with Gasteiger partial charge in [-0.3, -0.25) is 11.3 Å². The molecule has 0 spiro atoms. The van der Waals surface area contributed by atoms with Gasteiger partial charge >= 0.3 is 0 Å². The SMILES string of the molecule is Cc1cc(F)ccc1CC(CC1CCCCC1)NN. The highest BCUT2D eigenvalue weighted by Crippen LogP contribution is 2.28. The summed E-state index contributed by atoms with van der Waals surface area (Å²) < 4.78 is 13.1. The van der Waals surface area contributed by atoms with E-state index in [1.165, 1.54) is 43.7 Å². The van der Waals surface area contributed by atoms with Crippen LogP contribution in [0.25, 0.3) is 0 Å². The van der Waals surface area contributed by atoms with Crippen LogP contribution in [0.5, 0.6) is 0 Å². The van der Waals surface area contributed by atoms with E-state index in [0.29, 0.717) is 6.04 Å². The van der Waals surface area contributed by atoms with Crippen LogP contribution < -0.4 is 11.3 Å². The average Bonchev–Trinajstić information content (AvgIpc) is 2.42. The van der Waals surface area contributed by atoms with E-state index in [4.69, 9.17) is 5.84 Å². The summed E-state index contributed by atoms with van der Waals surface area (Å²) in [5.41, 5.74) is 5.16. The average molecular weight is 264 g/mol. The van der Waals surface area contributed by atoms with Gasteiger partial charge in [0, 0.05) is 6.04 Å². The molecular weight excluding hydrogens is 239 g/mol. The molecule has 19 heavy (non-hydrogen) atoms. The fourth-order valence-electron chi connectivity index (χ4n) is 3.19. The lowest BCUT2D eigenvalue weighted by molar-refractivity contribution is 0.297. The maximum Gasteiger partial charge on any atom is 0.123 e. The Bertz CT molecular complexity index is 400. The molecule has 3 N–H and O–H groups in total. The fraction of sp³-hybridized carbons (Fsp3) is 0.625. The zero-order valence-electron chi connectivity index (χ0n) is 11.8. The zero-order chi connectivity index (χ0) is 13.7. The van der Waals surface area contributed by atoms with Gasteiger partial charge in [-0.2, -0.15) is 0 Å². The van der Waals surface area contributed by atoms with Gasteiger partial charge in [0.25, 0.3) is 0 Å². The van der Waals surface area contributed by atoms with E-state index in [2.05, 4.69) is 5.43 Å². The van der Waals surface area contributed by atoms with Crippen LogP contribution in [-0.4, -0.2) is 6.04 Å². The third kappa shape index (κ3) is 4.29. The highest BCUT2D eigenvalue weighted by Gasteiger charge is 2.19. The summed E-state index contributed by atoms with van der Waals surface area (Å²) in [6, 6.07) is 5.32. The first-order chi connectivity index (χ1) is 9.19. The smallest absolute Gasteiger partial charge is 0.123 e. The second-order valence-corrected chi connectivity index (χ2v) is 5.88. The fourth-order valence-corrected chi connectivity index (χ4v) is 3.19. The highest BCUT2D eigenvalue weighted by atomic mass is 19.1. The first-order valence-corrected chi connectivity index (χ1v) is 7.40.